The first-order chi connectivity index (χ1) is 16.6. The second-order valence-electron chi connectivity index (χ2n) is 7.62. The van der Waals surface area contributed by atoms with Crippen molar-refractivity contribution in [3.8, 4) is 5.69 Å². The molecule has 0 atom stereocenters. The van der Waals surface area contributed by atoms with Crippen LogP contribution in [0.15, 0.2) is 89.0 Å². The summed E-state index contributed by atoms with van der Waals surface area (Å²) in [6.07, 6.45) is 3.25. The van der Waals surface area contributed by atoms with Crippen molar-refractivity contribution in [3.63, 3.8) is 0 Å². The summed E-state index contributed by atoms with van der Waals surface area (Å²) in [6.45, 7) is 0. The van der Waals surface area contributed by atoms with E-state index in [1.54, 1.807) is 40.0 Å². The Kier molecular flexibility index (Phi) is 4.86. The topological polar surface area (TPSA) is 79.2 Å². The summed E-state index contributed by atoms with van der Waals surface area (Å²) in [7, 11) is 0. The quantitative estimate of drug-likeness (QED) is 0.334. The Bertz CT molecular complexity index is 1810. The van der Waals surface area contributed by atoms with E-state index < -0.39 is 0 Å². The van der Waals surface area contributed by atoms with Crippen molar-refractivity contribution < 1.29 is 4.98 Å². The van der Waals surface area contributed by atoms with E-state index in [1.807, 2.05) is 54.6 Å². The molecule has 0 saturated carbocycles. The van der Waals surface area contributed by atoms with Crippen LogP contribution in [0.3, 0.4) is 0 Å². The smallest absolute Gasteiger partial charge is 0.250 e. The van der Waals surface area contributed by atoms with E-state index in [4.69, 9.17) is 33.2 Å². The number of H-pyrrole nitrogens is 1. The van der Waals surface area contributed by atoms with Crippen LogP contribution >= 0.6 is 23.2 Å². The van der Waals surface area contributed by atoms with Gasteiger partial charge in [0.25, 0.3) is 5.65 Å². The number of halogens is 2. The Hall–Kier alpha value is -4.07. The van der Waals surface area contributed by atoms with Crippen LogP contribution in [0.2, 0.25) is 10.0 Å². The van der Waals surface area contributed by atoms with Crippen molar-refractivity contribution in [2.75, 3.05) is 0 Å². The Morgan fingerprint density at radius 3 is 2.38 bits per heavy atom. The minimum absolute atomic E-state index is 0.224. The monoisotopic (exact) mass is 485 g/mol. The standard InChI is InChI=1S/C25H14Cl2N6O/c26-17-11-10-15(12-18(17)27)13-29-33-23-21(22-24(33)31-20-9-5-4-8-19(20)30-22)25(34)32(14-28-23)16-6-2-1-3-7-16/h1-14H/p+1/b29-13+. The minimum atomic E-state index is -0.224. The molecule has 0 saturated heterocycles. The molecule has 0 aliphatic rings. The molecule has 0 fully saturated rings. The van der Waals surface area contributed by atoms with E-state index in [2.05, 4.69) is 10.1 Å². The first-order valence-corrected chi connectivity index (χ1v) is 11.1. The molecule has 3 heterocycles. The van der Waals surface area contributed by atoms with Crippen molar-refractivity contribution in [1.82, 2.24) is 19.2 Å². The second-order valence-corrected chi connectivity index (χ2v) is 8.44. The SMILES string of the molecule is O=c1c2c3nc4ccccc4nc3n(/N=C/c3ccc(Cl)c(Cl)c3)c2[nH+]cn1-c1ccccc1. The van der Waals surface area contributed by atoms with E-state index in [0.717, 1.165) is 11.3 Å². The number of benzene rings is 3. The predicted octanol–water partition coefficient (Wildman–Crippen LogP) is 4.89. The zero-order valence-corrected chi connectivity index (χ0v) is 19.0. The zero-order chi connectivity index (χ0) is 23.2. The highest BCUT2D eigenvalue weighted by atomic mass is 35.5. The highest BCUT2D eigenvalue weighted by Gasteiger charge is 2.25. The zero-order valence-electron chi connectivity index (χ0n) is 17.5. The van der Waals surface area contributed by atoms with Gasteiger partial charge in [0.15, 0.2) is 11.7 Å². The van der Waals surface area contributed by atoms with Crippen LogP contribution in [0.25, 0.3) is 38.9 Å². The van der Waals surface area contributed by atoms with Crippen LogP contribution in [0.4, 0.5) is 0 Å². The third-order valence-corrected chi connectivity index (χ3v) is 6.24. The number of hydrogen-bond acceptors (Lipinski definition) is 4. The lowest BCUT2D eigenvalue weighted by Crippen LogP contribution is -2.25. The highest BCUT2D eigenvalue weighted by molar-refractivity contribution is 6.42. The number of hydrogen-bond donors (Lipinski definition) is 0. The summed E-state index contributed by atoms with van der Waals surface area (Å²) < 4.78 is 3.13. The average Bonchev–Trinajstić information content (AvgIpc) is 3.17. The third-order valence-electron chi connectivity index (χ3n) is 5.50. The van der Waals surface area contributed by atoms with Crippen molar-refractivity contribution in [2.24, 2.45) is 5.10 Å². The van der Waals surface area contributed by atoms with Crippen molar-refractivity contribution in [1.29, 1.82) is 0 Å². The molecule has 164 valence electrons. The molecule has 0 radical (unpaired) electrons. The van der Waals surface area contributed by atoms with Crippen LogP contribution < -0.4 is 10.5 Å². The molecule has 9 heteroatoms. The highest BCUT2D eigenvalue weighted by Crippen LogP contribution is 2.25. The maximum Gasteiger partial charge on any atom is 0.327 e. The van der Waals surface area contributed by atoms with Gasteiger partial charge in [-0.05, 0) is 42.0 Å². The average molecular weight is 486 g/mol. The molecule has 0 spiro atoms. The van der Waals surface area contributed by atoms with Gasteiger partial charge in [0, 0.05) is 0 Å². The molecule has 3 aromatic carbocycles. The van der Waals surface area contributed by atoms with Gasteiger partial charge in [-0.1, -0.05) is 59.6 Å². The van der Waals surface area contributed by atoms with E-state index >= 15 is 0 Å². The first kappa shape index (κ1) is 20.5. The number of nitrogens with zero attached hydrogens (tertiary/aromatic N) is 5. The van der Waals surface area contributed by atoms with Gasteiger partial charge in [0.2, 0.25) is 5.65 Å². The lowest BCUT2D eigenvalue weighted by atomic mass is 10.2. The van der Waals surface area contributed by atoms with Crippen molar-refractivity contribution in [2.45, 2.75) is 0 Å². The van der Waals surface area contributed by atoms with Crippen molar-refractivity contribution in [3.05, 3.63) is 105 Å². The van der Waals surface area contributed by atoms with Gasteiger partial charge < -0.3 is 0 Å². The molecule has 6 rings (SSSR count). The van der Waals surface area contributed by atoms with Gasteiger partial charge in [-0.25, -0.2) is 19.7 Å². The maximum absolute atomic E-state index is 13.6. The summed E-state index contributed by atoms with van der Waals surface area (Å²) in [5, 5.41) is 5.90. The number of para-hydroxylation sites is 3. The van der Waals surface area contributed by atoms with Gasteiger partial charge in [-0.2, -0.15) is 4.57 Å². The fourth-order valence-electron chi connectivity index (χ4n) is 3.88. The lowest BCUT2D eigenvalue weighted by Gasteiger charge is -2.00. The molecule has 0 aliphatic carbocycles. The van der Waals surface area contributed by atoms with E-state index in [1.165, 1.54) is 0 Å². The molecule has 0 aliphatic heterocycles. The maximum atomic E-state index is 13.6. The van der Waals surface area contributed by atoms with Crippen LogP contribution in [-0.2, 0) is 0 Å². The van der Waals surface area contributed by atoms with Gasteiger partial charge in [0.05, 0.1) is 27.3 Å². The van der Waals surface area contributed by atoms with Crippen LogP contribution in [0.5, 0.6) is 0 Å². The largest absolute Gasteiger partial charge is 0.327 e. The number of aromatic amines is 1. The number of rotatable bonds is 3. The van der Waals surface area contributed by atoms with E-state index in [0.29, 0.717) is 43.3 Å². The fraction of sp³-hybridized carbons (Fsp3) is 0. The van der Waals surface area contributed by atoms with Gasteiger partial charge in [-0.3, -0.25) is 0 Å². The normalized spacial score (nSPS) is 11.8. The Balaban J connectivity index is 1.66. The molecule has 7 nitrogen and oxygen atoms in total. The molecule has 0 unspecified atom stereocenters. The molecule has 3 aromatic heterocycles. The van der Waals surface area contributed by atoms with Gasteiger partial charge >= 0.3 is 5.56 Å². The van der Waals surface area contributed by atoms with Crippen LogP contribution in [0, 0.1) is 0 Å². The summed E-state index contributed by atoms with van der Waals surface area (Å²) in [4.78, 5) is 26.4. The number of aromatic nitrogens is 5. The summed E-state index contributed by atoms with van der Waals surface area (Å²) >= 11 is 12.2. The Labute approximate surface area is 202 Å². The Morgan fingerprint density at radius 1 is 0.882 bits per heavy atom. The number of fused-ring (bicyclic) bond motifs is 4. The fourth-order valence-corrected chi connectivity index (χ4v) is 4.19. The van der Waals surface area contributed by atoms with E-state index in [9.17, 15) is 4.79 Å². The molecule has 6 aromatic rings. The molecular formula is C25H15Cl2N6O+. The second kappa shape index (κ2) is 8.06. The van der Waals surface area contributed by atoms with Gasteiger partial charge in [-0.15, -0.1) is 9.78 Å². The molecular weight excluding hydrogens is 471 g/mol. The number of nitrogens with one attached hydrogen (secondary N) is 1. The first-order valence-electron chi connectivity index (χ1n) is 10.4. The molecule has 0 bridgehead atoms. The molecule has 34 heavy (non-hydrogen) atoms. The minimum Gasteiger partial charge on any atom is -0.250 e. The van der Waals surface area contributed by atoms with Crippen LogP contribution in [-0.4, -0.2) is 25.4 Å². The lowest BCUT2D eigenvalue weighted by molar-refractivity contribution is -0.356. The molecule has 1 N–H and O–H groups in total. The van der Waals surface area contributed by atoms with Crippen LogP contribution in [0.1, 0.15) is 5.56 Å². The predicted molar refractivity (Wildman–Crippen MR) is 134 cm³/mol. The summed E-state index contributed by atoms with van der Waals surface area (Å²) in [5.74, 6) is 0. The summed E-state index contributed by atoms with van der Waals surface area (Å²) in [5.41, 5.74) is 4.06. The third kappa shape index (κ3) is 3.34. The van der Waals surface area contributed by atoms with E-state index in [-0.39, 0.29) is 5.56 Å². The molecule has 0 amide bonds. The van der Waals surface area contributed by atoms with Crippen molar-refractivity contribution >= 4 is 62.6 Å². The Morgan fingerprint density at radius 2 is 1.62 bits per heavy atom. The van der Waals surface area contributed by atoms with Gasteiger partial charge in [0.1, 0.15) is 11.2 Å². The summed E-state index contributed by atoms with van der Waals surface area (Å²) in [6, 6.07) is 22.1.